The predicted octanol–water partition coefficient (Wildman–Crippen LogP) is 3.18. The van der Waals surface area contributed by atoms with Gasteiger partial charge in [0.15, 0.2) is 17.5 Å². The molecular weight excluding hydrogens is 333 g/mol. The van der Waals surface area contributed by atoms with Gasteiger partial charge in [-0.2, -0.15) is 0 Å². The van der Waals surface area contributed by atoms with E-state index < -0.39 is 34.5 Å². The highest BCUT2D eigenvalue weighted by Gasteiger charge is 2.18. The van der Waals surface area contributed by atoms with E-state index in [4.69, 9.17) is 0 Å². The summed E-state index contributed by atoms with van der Waals surface area (Å²) in [4.78, 5) is 26.7. The molecule has 2 aromatic carbocycles. The van der Waals surface area contributed by atoms with E-state index in [1.807, 2.05) is 25.1 Å². The molecule has 0 aliphatic heterocycles. The minimum atomic E-state index is -1.72. The highest BCUT2D eigenvalue weighted by Crippen LogP contribution is 2.16. The molecule has 1 aromatic heterocycles. The third-order valence-electron chi connectivity index (χ3n) is 3.80. The average molecular weight is 346 g/mol. The van der Waals surface area contributed by atoms with Gasteiger partial charge in [-0.15, -0.1) is 0 Å². The standard InChI is InChI=1S/C18H13F3N2O2/c1-9-2-3-10-7-11(17(24)23-14(10)6-9)8-22-18(25)12-4-5-13(19)16(21)15(12)20/h2-7H,8H2,1H3,(H,22,25)(H,23,24). The van der Waals surface area contributed by atoms with E-state index in [0.29, 0.717) is 11.6 Å². The van der Waals surface area contributed by atoms with E-state index in [9.17, 15) is 22.8 Å². The topological polar surface area (TPSA) is 62.0 Å². The number of carbonyl (C=O) groups excluding carboxylic acids is 1. The van der Waals surface area contributed by atoms with Crippen LogP contribution < -0.4 is 10.9 Å². The van der Waals surface area contributed by atoms with Crippen LogP contribution in [0.3, 0.4) is 0 Å². The summed E-state index contributed by atoms with van der Waals surface area (Å²) < 4.78 is 39.7. The van der Waals surface area contributed by atoms with Gasteiger partial charge in [0, 0.05) is 17.6 Å². The van der Waals surface area contributed by atoms with Crippen LogP contribution in [0, 0.1) is 24.4 Å². The van der Waals surface area contributed by atoms with Gasteiger partial charge in [0.25, 0.3) is 11.5 Å². The molecule has 4 nitrogen and oxygen atoms in total. The largest absolute Gasteiger partial charge is 0.348 e. The minimum Gasteiger partial charge on any atom is -0.348 e. The predicted molar refractivity (Wildman–Crippen MR) is 86.8 cm³/mol. The Bertz CT molecular complexity index is 1040. The lowest BCUT2D eigenvalue weighted by molar-refractivity contribution is 0.0945. The van der Waals surface area contributed by atoms with Gasteiger partial charge in [0.1, 0.15) is 0 Å². The lowest BCUT2D eigenvalue weighted by Gasteiger charge is -2.08. The fraction of sp³-hybridized carbons (Fsp3) is 0.111. The summed E-state index contributed by atoms with van der Waals surface area (Å²) in [6.07, 6.45) is 0. The molecule has 0 unspecified atom stereocenters. The van der Waals surface area contributed by atoms with Crippen molar-refractivity contribution in [2.75, 3.05) is 0 Å². The van der Waals surface area contributed by atoms with Gasteiger partial charge in [-0.05, 0) is 42.1 Å². The maximum absolute atomic E-state index is 13.6. The van der Waals surface area contributed by atoms with Crippen LogP contribution in [0.5, 0.6) is 0 Å². The highest BCUT2D eigenvalue weighted by atomic mass is 19.2. The van der Waals surface area contributed by atoms with Crippen LogP contribution in [0.1, 0.15) is 21.5 Å². The number of aryl methyl sites for hydroxylation is 1. The molecule has 7 heteroatoms. The van der Waals surface area contributed by atoms with Gasteiger partial charge < -0.3 is 10.3 Å². The molecule has 0 aliphatic rings. The molecule has 0 saturated carbocycles. The van der Waals surface area contributed by atoms with E-state index in [0.717, 1.165) is 17.0 Å². The van der Waals surface area contributed by atoms with Crippen molar-refractivity contribution in [3.05, 3.63) is 80.9 Å². The molecule has 0 radical (unpaired) electrons. The third-order valence-corrected chi connectivity index (χ3v) is 3.80. The Morgan fingerprint density at radius 3 is 2.60 bits per heavy atom. The molecule has 0 saturated heterocycles. The third kappa shape index (κ3) is 3.26. The summed E-state index contributed by atoms with van der Waals surface area (Å²) in [5.74, 6) is -5.61. The van der Waals surface area contributed by atoms with Crippen molar-refractivity contribution >= 4 is 16.8 Å². The van der Waals surface area contributed by atoms with E-state index in [1.165, 1.54) is 0 Å². The van der Waals surface area contributed by atoms with Gasteiger partial charge in [-0.1, -0.05) is 12.1 Å². The number of carbonyl (C=O) groups is 1. The van der Waals surface area contributed by atoms with E-state index in [2.05, 4.69) is 10.3 Å². The molecule has 25 heavy (non-hydrogen) atoms. The maximum atomic E-state index is 13.6. The van der Waals surface area contributed by atoms with Crippen LogP contribution in [0.4, 0.5) is 13.2 Å². The zero-order valence-corrected chi connectivity index (χ0v) is 13.1. The van der Waals surface area contributed by atoms with Gasteiger partial charge in [-0.3, -0.25) is 9.59 Å². The van der Waals surface area contributed by atoms with Crippen molar-refractivity contribution in [1.82, 2.24) is 10.3 Å². The first kappa shape index (κ1) is 16.8. The Kier molecular flexibility index (Phi) is 4.31. The number of hydrogen-bond donors (Lipinski definition) is 2. The van der Waals surface area contributed by atoms with Crippen LogP contribution in [-0.4, -0.2) is 10.9 Å². The molecular formula is C18H13F3N2O2. The van der Waals surface area contributed by atoms with Gasteiger partial charge in [-0.25, -0.2) is 13.2 Å². The summed E-state index contributed by atoms with van der Waals surface area (Å²) in [6.45, 7) is 1.71. The Morgan fingerprint density at radius 2 is 1.84 bits per heavy atom. The highest BCUT2D eigenvalue weighted by molar-refractivity contribution is 5.94. The first-order valence-electron chi connectivity index (χ1n) is 7.41. The Morgan fingerprint density at radius 1 is 1.08 bits per heavy atom. The summed E-state index contributed by atoms with van der Waals surface area (Å²) in [5, 5.41) is 3.10. The van der Waals surface area contributed by atoms with Crippen molar-refractivity contribution in [2.24, 2.45) is 0 Å². The zero-order chi connectivity index (χ0) is 18.1. The summed E-state index contributed by atoms with van der Waals surface area (Å²) >= 11 is 0. The smallest absolute Gasteiger partial charge is 0.254 e. The molecule has 0 fully saturated rings. The number of rotatable bonds is 3. The van der Waals surface area contributed by atoms with Crippen molar-refractivity contribution in [2.45, 2.75) is 13.5 Å². The fourth-order valence-corrected chi connectivity index (χ4v) is 2.46. The molecule has 0 atom stereocenters. The number of nitrogens with one attached hydrogen (secondary N) is 2. The van der Waals surface area contributed by atoms with Crippen molar-refractivity contribution in [3.63, 3.8) is 0 Å². The van der Waals surface area contributed by atoms with Crippen LogP contribution in [0.25, 0.3) is 10.9 Å². The summed E-state index contributed by atoms with van der Waals surface area (Å²) in [6, 6.07) is 8.63. The van der Waals surface area contributed by atoms with Crippen LogP contribution in [0.2, 0.25) is 0 Å². The molecule has 2 N–H and O–H groups in total. The molecule has 0 aliphatic carbocycles. The maximum Gasteiger partial charge on any atom is 0.254 e. The molecule has 1 amide bonds. The molecule has 1 heterocycles. The minimum absolute atomic E-state index is 0.184. The second-order valence-corrected chi connectivity index (χ2v) is 5.62. The first-order chi connectivity index (χ1) is 11.9. The lowest BCUT2D eigenvalue weighted by atomic mass is 10.1. The van der Waals surface area contributed by atoms with Crippen molar-refractivity contribution in [3.8, 4) is 0 Å². The number of H-pyrrole nitrogens is 1. The molecule has 3 aromatic rings. The van der Waals surface area contributed by atoms with Gasteiger partial charge >= 0.3 is 0 Å². The second-order valence-electron chi connectivity index (χ2n) is 5.62. The van der Waals surface area contributed by atoms with Crippen molar-refractivity contribution in [1.29, 1.82) is 0 Å². The molecule has 0 spiro atoms. The number of amides is 1. The Labute approximate surface area is 140 Å². The molecule has 0 bridgehead atoms. The van der Waals surface area contributed by atoms with Crippen LogP contribution >= 0.6 is 0 Å². The number of halogens is 3. The number of benzene rings is 2. The number of hydrogen-bond acceptors (Lipinski definition) is 2. The summed E-state index contributed by atoms with van der Waals surface area (Å²) in [5.41, 5.74) is 0.869. The average Bonchev–Trinajstić information content (AvgIpc) is 2.57. The zero-order valence-electron chi connectivity index (χ0n) is 13.1. The Balaban J connectivity index is 1.84. The van der Waals surface area contributed by atoms with Gasteiger partial charge in [0.2, 0.25) is 0 Å². The Hall–Kier alpha value is -3.09. The second kappa shape index (κ2) is 6.43. The first-order valence-corrected chi connectivity index (χ1v) is 7.41. The number of fused-ring (bicyclic) bond motifs is 1. The monoisotopic (exact) mass is 346 g/mol. The fourth-order valence-electron chi connectivity index (χ4n) is 2.46. The van der Waals surface area contributed by atoms with E-state index in [1.54, 1.807) is 6.07 Å². The van der Waals surface area contributed by atoms with Gasteiger partial charge in [0.05, 0.1) is 5.56 Å². The molecule has 3 rings (SSSR count). The number of pyridine rings is 1. The number of aromatic amines is 1. The van der Waals surface area contributed by atoms with Crippen LogP contribution in [-0.2, 0) is 6.54 Å². The SMILES string of the molecule is Cc1ccc2cc(CNC(=O)c3ccc(F)c(F)c3F)c(=O)[nH]c2c1. The quantitative estimate of drug-likeness (QED) is 0.716. The van der Waals surface area contributed by atoms with Crippen molar-refractivity contribution < 1.29 is 18.0 Å². The van der Waals surface area contributed by atoms with Crippen LogP contribution in [0.15, 0.2) is 41.2 Å². The number of aromatic nitrogens is 1. The molecule has 128 valence electrons. The van der Waals surface area contributed by atoms with E-state index in [-0.39, 0.29) is 12.1 Å². The normalized spacial score (nSPS) is 10.9. The van der Waals surface area contributed by atoms with E-state index >= 15 is 0 Å². The lowest BCUT2D eigenvalue weighted by Crippen LogP contribution is -2.27. The summed E-state index contributed by atoms with van der Waals surface area (Å²) in [7, 11) is 0.